The highest BCUT2D eigenvalue weighted by Crippen LogP contribution is 2.46. The number of carbonyl (C=O) groups excluding carboxylic acids is 1. The predicted octanol–water partition coefficient (Wildman–Crippen LogP) is 2.49. The van der Waals surface area contributed by atoms with Crippen molar-refractivity contribution >= 4 is 34.4 Å². The lowest BCUT2D eigenvalue weighted by Gasteiger charge is -2.43. The van der Waals surface area contributed by atoms with Gasteiger partial charge in [-0.25, -0.2) is 9.97 Å². The zero-order chi connectivity index (χ0) is 17.4. The lowest BCUT2D eigenvalue weighted by atomic mass is 10.1. The Labute approximate surface area is 150 Å². The number of hydrogen-bond donors (Lipinski definition) is 1. The van der Waals surface area contributed by atoms with Gasteiger partial charge in [0, 0.05) is 38.7 Å². The predicted molar refractivity (Wildman–Crippen MR) is 94.3 cm³/mol. The maximum Gasteiger partial charge on any atom is 0.223 e. The molecule has 1 aliphatic carbocycles. The number of H-pyrrole nitrogens is 1. The summed E-state index contributed by atoms with van der Waals surface area (Å²) in [6.07, 6.45) is 6.83. The molecule has 1 aliphatic heterocycles. The van der Waals surface area contributed by atoms with Gasteiger partial charge in [-0.3, -0.25) is 4.79 Å². The molecule has 0 radical (unpaired) electrons. The Hall–Kier alpha value is -2.33. The largest absolute Gasteiger partial charge is 0.352 e. The number of aromatic amines is 1. The molecule has 0 atom stereocenters. The summed E-state index contributed by atoms with van der Waals surface area (Å²) in [5.74, 6) is 0.999. The number of carbonyl (C=O) groups is 1. The highest BCUT2D eigenvalue weighted by Gasteiger charge is 2.53. The van der Waals surface area contributed by atoms with Crippen molar-refractivity contribution in [3.05, 3.63) is 17.5 Å². The molecular formula is C17H19ClN6O. The van der Waals surface area contributed by atoms with E-state index in [0.29, 0.717) is 30.8 Å². The van der Waals surface area contributed by atoms with Crippen molar-refractivity contribution in [1.29, 1.82) is 5.26 Å². The van der Waals surface area contributed by atoms with Gasteiger partial charge in [0.25, 0.3) is 0 Å². The second-order valence-electron chi connectivity index (χ2n) is 6.76. The third-order valence-electron chi connectivity index (χ3n) is 5.16. The zero-order valence-corrected chi connectivity index (χ0v) is 14.6. The van der Waals surface area contributed by atoms with Crippen LogP contribution in [0.5, 0.6) is 0 Å². The third-order valence-corrected chi connectivity index (χ3v) is 5.46. The van der Waals surface area contributed by atoms with Crippen molar-refractivity contribution in [2.24, 2.45) is 0 Å². The van der Waals surface area contributed by atoms with E-state index < -0.39 is 0 Å². The van der Waals surface area contributed by atoms with Crippen molar-refractivity contribution in [3.8, 4) is 6.07 Å². The standard InChI is InChI=1S/C17H19ClN6O/c18-12-9-20-15-14(12)16(22-11-21-15)23-7-8-24(17(10-23)4-5-17)13(25)3-1-2-6-19/h9,11H,1-5,7-8,10H2,(H,20,21,22). The SMILES string of the molecule is N#CCCCC(=O)N1CCN(c2ncnc3[nH]cc(Cl)c23)CC12CC2. The van der Waals surface area contributed by atoms with Crippen LogP contribution in [0, 0.1) is 11.3 Å². The Morgan fingerprint density at radius 1 is 1.40 bits per heavy atom. The van der Waals surface area contributed by atoms with Gasteiger partial charge in [-0.2, -0.15) is 5.26 Å². The smallest absolute Gasteiger partial charge is 0.223 e. The van der Waals surface area contributed by atoms with Crippen LogP contribution in [-0.2, 0) is 4.79 Å². The second-order valence-corrected chi connectivity index (χ2v) is 7.17. The number of fused-ring (bicyclic) bond motifs is 1. The molecule has 1 saturated carbocycles. The molecule has 1 N–H and O–H groups in total. The summed E-state index contributed by atoms with van der Waals surface area (Å²) in [5.41, 5.74) is 0.650. The fraction of sp³-hybridized carbons (Fsp3) is 0.529. The first-order valence-electron chi connectivity index (χ1n) is 8.54. The van der Waals surface area contributed by atoms with E-state index in [0.717, 1.165) is 42.8 Å². The van der Waals surface area contributed by atoms with Gasteiger partial charge in [-0.05, 0) is 19.3 Å². The highest BCUT2D eigenvalue weighted by molar-refractivity contribution is 6.36. The summed E-state index contributed by atoms with van der Waals surface area (Å²) in [6.45, 7) is 2.17. The van der Waals surface area contributed by atoms with Crippen molar-refractivity contribution < 1.29 is 4.79 Å². The van der Waals surface area contributed by atoms with E-state index in [2.05, 4.69) is 25.9 Å². The van der Waals surface area contributed by atoms with Gasteiger partial charge in [0.05, 0.1) is 22.0 Å². The summed E-state index contributed by atoms with van der Waals surface area (Å²) in [7, 11) is 0. The van der Waals surface area contributed by atoms with Gasteiger partial charge >= 0.3 is 0 Å². The Balaban J connectivity index is 1.54. The van der Waals surface area contributed by atoms with Crippen LogP contribution < -0.4 is 4.90 Å². The summed E-state index contributed by atoms with van der Waals surface area (Å²) < 4.78 is 0. The van der Waals surface area contributed by atoms with E-state index in [9.17, 15) is 4.79 Å². The summed E-state index contributed by atoms with van der Waals surface area (Å²) >= 11 is 6.30. The van der Waals surface area contributed by atoms with Crippen molar-refractivity contribution in [2.75, 3.05) is 24.5 Å². The van der Waals surface area contributed by atoms with Crippen LogP contribution in [0.1, 0.15) is 32.1 Å². The summed E-state index contributed by atoms with van der Waals surface area (Å²) in [4.78, 5) is 28.5. The van der Waals surface area contributed by atoms with Crippen LogP contribution in [-0.4, -0.2) is 50.9 Å². The summed E-state index contributed by atoms with van der Waals surface area (Å²) in [5, 5.41) is 10.1. The number of anilines is 1. The third kappa shape index (κ3) is 2.81. The second kappa shape index (κ2) is 6.19. The minimum atomic E-state index is -0.0813. The number of halogens is 1. The quantitative estimate of drug-likeness (QED) is 0.848. The first-order valence-corrected chi connectivity index (χ1v) is 8.92. The molecule has 1 amide bonds. The number of piperazine rings is 1. The molecule has 3 heterocycles. The number of aromatic nitrogens is 3. The molecule has 7 nitrogen and oxygen atoms in total. The number of amides is 1. The number of nitriles is 1. The Kier molecular flexibility index (Phi) is 4.00. The maximum absolute atomic E-state index is 12.5. The molecule has 0 bridgehead atoms. The molecule has 25 heavy (non-hydrogen) atoms. The molecule has 1 saturated heterocycles. The van der Waals surface area contributed by atoms with E-state index in [1.807, 2.05) is 4.90 Å². The van der Waals surface area contributed by atoms with Gasteiger partial charge in [-0.15, -0.1) is 0 Å². The molecule has 2 aromatic heterocycles. The van der Waals surface area contributed by atoms with E-state index >= 15 is 0 Å². The average molecular weight is 359 g/mol. The van der Waals surface area contributed by atoms with Crippen molar-refractivity contribution in [1.82, 2.24) is 19.9 Å². The fourth-order valence-electron chi connectivity index (χ4n) is 3.72. The maximum atomic E-state index is 12.5. The normalized spacial score (nSPS) is 18.6. The first kappa shape index (κ1) is 16.2. The number of hydrogen-bond acceptors (Lipinski definition) is 5. The Morgan fingerprint density at radius 2 is 2.24 bits per heavy atom. The van der Waals surface area contributed by atoms with Gasteiger partial charge in [-0.1, -0.05) is 11.6 Å². The number of unbranched alkanes of at least 4 members (excludes halogenated alkanes) is 1. The molecule has 4 rings (SSSR count). The summed E-state index contributed by atoms with van der Waals surface area (Å²) in [6, 6.07) is 2.10. The number of nitrogens with zero attached hydrogens (tertiary/aromatic N) is 5. The van der Waals surface area contributed by atoms with E-state index in [-0.39, 0.29) is 11.4 Å². The van der Waals surface area contributed by atoms with E-state index in [1.165, 1.54) is 0 Å². The van der Waals surface area contributed by atoms with E-state index in [1.54, 1.807) is 12.5 Å². The minimum Gasteiger partial charge on any atom is -0.352 e. The van der Waals surface area contributed by atoms with Gasteiger partial charge in [0.2, 0.25) is 5.91 Å². The van der Waals surface area contributed by atoms with E-state index in [4.69, 9.17) is 16.9 Å². The monoisotopic (exact) mass is 358 g/mol. The Bertz CT molecular complexity index is 852. The lowest BCUT2D eigenvalue weighted by Crippen LogP contribution is -2.57. The molecule has 1 spiro atoms. The van der Waals surface area contributed by atoms with Gasteiger partial charge < -0.3 is 14.8 Å². The molecule has 2 aliphatic rings. The van der Waals surface area contributed by atoms with Crippen molar-refractivity contribution in [3.63, 3.8) is 0 Å². The van der Waals surface area contributed by atoms with Crippen LogP contribution >= 0.6 is 11.6 Å². The lowest BCUT2D eigenvalue weighted by molar-refractivity contribution is -0.135. The zero-order valence-electron chi connectivity index (χ0n) is 13.8. The molecular weight excluding hydrogens is 340 g/mol. The van der Waals surface area contributed by atoms with Gasteiger partial charge in [0.15, 0.2) is 0 Å². The Morgan fingerprint density at radius 3 is 3.00 bits per heavy atom. The number of nitrogens with one attached hydrogen (secondary N) is 1. The molecule has 130 valence electrons. The fourth-order valence-corrected chi connectivity index (χ4v) is 3.95. The van der Waals surface area contributed by atoms with Crippen LogP contribution in [0.2, 0.25) is 5.02 Å². The molecule has 2 fully saturated rings. The van der Waals surface area contributed by atoms with Crippen LogP contribution in [0.25, 0.3) is 11.0 Å². The minimum absolute atomic E-state index is 0.0813. The van der Waals surface area contributed by atoms with Crippen molar-refractivity contribution in [2.45, 2.75) is 37.6 Å². The van der Waals surface area contributed by atoms with Crippen LogP contribution in [0.15, 0.2) is 12.5 Å². The molecule has 0 aromatic carbocycles. The van der Waals surface area contributed by atoms with Gasteiger partial charge in [0.1, 0.15) is 17.8 Å². The molecule has 0 unspecified atom stereocenters. The topological polar surface area (TPSA) is 88.9 Å². The molecule has 2 aromatic rings. The molecule has 8 heteroatoms. The number of rotatable bonds is 4. The van der Waals surface area contributed by atoms with Crippen LogP contribution in [0.4, 0.5) is 5.82 Å². The first-order chi connectivity index (χ1) is 12.1. The highest BCUT2D eigenvalue weighted by atomic mass is 35.5. The van der Waals surface area contributed by atoms with Crippen LogP contribution in [0.3, 0.4) is 0 Å². The average Bonchev–Trinajstić information content (AvgIpc) is 3.27.